The standard InChI is InChI=1S/C21H21O6PS2.C20H19OP.C19H17P/c1-16-7-4-8-17(13-16)28(18-9-5-11-20(14-18)29(22,23)26-2)19-10-6-12-21(15-19)30(24,25)27-3;1-16-15-19(13-14-20(16)21-2)22(17-9-5-3-6-10-17)18-11-7-4-8-12-18;1-16-9-8-14-19(15-16)20(17-10-4-2-5-11-17)18-12-6-3-7-13-18/h4-15H,1-3H3;3-15H,1-2H3;2-15H,1H3. The molecule has 366 valence electrons. The van der Waals surface area contributed by atoms with Crippen molar-refractivity contribution in [1.29, 1.82) is 0 Å². The van der Waals surface area contributed by atoms with Crippen LogP contribution in [0.25, 0.3) is 0 Å². The van der Waals surface area contributed by atoms with Gasteiger partial charge in [-0.1, -0.05) is 211 Å². The highest BCUT2D eigenvalue weighted by Gasteiger charge is 2.23. The van der Waals surface area contributed by atoms with Gasteiger partial charge in [-0.25, -0.2) is 0 Å². The van der Waals surface area contributed by atoms with Gasteiger partial charge in [-0.3, -0.25) is 8.37 Å². The summed E-state index contributed by atoms with van der Waals surface area (Å²) in [6.45, 7) is 6.23. The van der Waals surface area contributed by atoms with Crippen molar-refractivity contribution in [2.24, 2.45) is 0 Å². The van der Waals surface area contributed by atoms with Gasteiger partial charge in [-0.15, -0.1) is 0 Å². The normalized spacial score (nSPS) is 11.3. The van der Waals surface area contributed by atoms with Crippen LogP contribution < -0.4 is 52.5 Å². The van der Waals surface area contributed by atoms with Gasteiger partial charge in [0.2, 0.25) is 0 Å². The Labute approximate surface area is 430 Å². The molecule has 9 aromatic carbocycles. The minimum Gasteiger partial charge on any atom is -0.496 e. The van der Waals surface area contributed by atoms with E-state index in [1.807, 2.05) is 43.3 Å². The minimum atomic E-state index is -3.87. The van der Waals surface area contributed by atoms with Crippen molar-refractivity contribution in [1.82, 2.24) is 0 Å². The molecule has 0 radical (unpaired) electrons. The van der Waals surface area contributed by atoms with Crippen molar-refractivity contribution in [3.63, 3.8) is 0 Å². The number of methoxy groups -OCH3 is 1. The fourth-order valence-corrected chi connectivity index (χ4v) is 16.8. The summed E-state index contributed by atoms with van der Waals surface area (Å²) in [4.78, 5) is 0.0895. The van der Waals surface area contributed by atoms with Gasteiger partial charge in [-0.2, -0.15) is 16.8 Å². The van der Waals surface area contributed by atoms with Crippen molar-refractivity contribution < 1.29 is 29.9 Å². The molecule has 0 N–H and O–H groups in total. The summed E-state index contributed by atoms with van der Waals surface area (Å²) in [7, 11) is -6.02. The molecule has 72 heavy (non-hydrogen) atoms. The van der Waals surface area contributed by atoms with Crippen LogP contribution in [0.5, 0.6) is 5.75 Å². The zero-order valence-electron chi connectivity index (χ0n) is 41.0. The summed E-state index contributed by atoms with van der Waals surface area (Å²) in [6.07, 6.45) is 0. The lowest BCUT2D eigenvalue weighted by Gasteiger charge is -2.21. The molecule has 0 atom stereocenters. The van der Waals surface area contributed by atoms with E-state index in [2.05, 4.69) is 186 Å². The Kier molecular flexibility index (Phi) is 19.0. The molecule has 0 amide bonds. The van der Waals surface area contributed by atoms with Gasteiger partial charge in [-0.05, 0) is 134 Å². The number of hydrogen-bond acceptors (Lipinski definition) is 7. The Balaban J connectivity index is 0.000000162. The lowest BCUT2D eigenvalue weighted by Crippen LogP contribution is -2.22. The summed E-state index contributed by atoms with van der Waals surface area (Å²) < 4.78 is 63.6. The van der Waals surface area contributed by atoms with E-state index in [1.165, 1.54) is 55.1 Å². The molecule has 9 aromatic rings. The predicted octanol–water partition coefficient (Wildman–Crippen LogP) is 9.94. The first-order chi connectivity index (χ1) is 34.8. The fourth-order valence-electron chi connectivity index (χ4n) is 7.93. The SMILES string of the molecule is COS(=O)(=O)c1cccc(P(c2cccc(C)c2)c2cccc(S(=O)(=O)OC)c2)c1.COc1ccc(P(c2ccccc2)c2ccccc2)cc1C.Cc1cccc(P(c2ccccc2)c2ccccc2)c1. The van der Waals surface area contributed by atoms with Crippen molar-refractivity contribution in [3.8, 4) is 5.75 Å². The summed E-state index contributed by atoms with van der Waals surface area (Å²) in [5.74, 6) is 0.944. The summed E-state index contributed by atoms with van der Waals surface area (Å²) >= 11 is 0. The summed E-state index contributed by atoms with van der Waals surface area (Å²) in [6, 6.07) is 79.4. The highest BCUT2D eigenvalue weighted by atomic mass is 32.2. The van der Waals surface area contributed by atoms with Crippen molar-refractivity contribution >= 4 is 91.7 Å². The second-order valence-corrected chi connectivity index (χ2v) is 26.5. The van der Waals surface area contributed by atoms with E-state index in [0.717, 1.165) is 41.4 Å². The third-order valence-corrected chi connectivity index (χ3v) is 21.2. The molecule has 0 saturated heterocycles. The number of aryl methyl sites for hydroxylation is 3. The molecule has 0 aliphatic heterocycles. The molecule has 0 bridgehead atoms. The fraction of sp³-hybridized carbons (Fsp3) is 0.100. The Morgan fingerprint density at radius 3 is 0.903 bits per heavy atom. The Morgan fingerprint density at radius 1 is 0.306 bits per heavy atom. The van der Waals surface area contributed by atoms with E-state index < -0.39 is 44.0 Å². The van der Waals surface area contributed by atoms with Crippen molar-refractivity contribution in [3.05, 3.63) is 253 Å². The van der Waals surface area contributed by atoms with Crippen LogP contribution in [0.2, 0.25) is 0 Å². The third kappa shape index (κ3) is 13.9. The Bertz CT molecular complexity index is 3240. The van der Waals surface area contributed by atoms with Gasteiger partial charge in [0, 0.05) is 0 Å². The second kappa shape index (κ2) is 25.5. The third-order valence-electron chi connectivity index (χ3n) is 11.4. The van der Waals surface area contributed by atoms with Gasteiger partial charge < -0.3 is 4.74 Å². The van der Waals surface area contributed by atoms with E-state index >= 15 is 0 Å². The van der Waals surface area contributed by atoms with Gasteiger partial charge in [0.05, 0.1) is 31.1 Å². The van der Waals surface area contributed by atoms with Crippen LogP contribution in [0.1, 0.15) is 16.7 Å². The van der Waals surface area contributed by atoms with Crippen LogP contribution in [-0.4, -0.2) is 38.2 Å². The zero-order chi connectivity index (χ0) is 51.1. The maximum absolute atomic E-state index is 12.2. The van der Waals surface area contributed by atoms with Crippen molar-refractivity contribution in [2.75, 3.05) is 21.3 Å². The maximum Gasteiger partial charge on any atom is 0.296 e. The molecular formula is C60H57O7P3S2. The Morgan fingerprint density at radius 2 is 0.597 bits per heavy atom. The molecule has 0 aliphatic rings. The number of ether oxygens (including phenoxy) is 1. The van der Waals surface area contributed by atoms with Gasteiger partial charge >= 0.3 is 0 Å². The second-order valence-electron chi connectivity index (χ2n) is 16.4. The molecule has 12 heteroatoms. The average Bonchev–Trinajstić information content (AvgIpc) is 3.41. The summed E-state index contributed by atoms with van der Waals surface area (Å²) in [5.41, 5.74) is 3.54. The van der Waals surface area contributed by atoms with Crippen LogP contribution in [0.3, 0.4) is 0 Å². The van der Waals surface area contributed by atoms with Crippen LogP contribution in [0.15, 0.2) is 246 Å². The molecule has 0 saturated carbocycles. The molecule has 0 aromatic heterocycles. The van der Waals surface area contributed by atoms with Gasteiger partial charge in [0.1, 0.15) is 5.75 Å². The summed E-state index contributed by atoms with van der Waals surface area (Å²) in [5, 5.41) is 10.8. The minimum absolute atomic E-state index is 0.0447. The van der Waals surface area contributed by atoms with Gasteiger partial charge in [0.15, 0.2) is 0 Å². The average molecular weight is 1050 g/mol. The largest absolute Gasteiger partial charge is 0.496 e. The van der Waals surface area contributed by atoms with Crippen LogP contribution in [0, 0.1) is 20.8 Å². The van der Waals surface area contributed by atoms with Crippen LogP contribution in [-0.2, 0) is 28.6 Å². The smallest absolute Gasteiger partial charge is 0.296 e. The molecule has 0 fully saturated rings. The van der Waals surface area contributed by atoms with Crippen LogP contribution in [0.4, 0.5) is 0 Å². The van der Waals surface area contributed by atoms with Crippen molar-refractivity contribution in [2.45, 2.75) is 30.6 Å². The van der Waals surface area contributed by atoms with E-state index in [9.17, 15) is 16.8 Å². The Hall–Kier alpha value is -6.11. The van der Waals surface area contributed by atoms with E-state index in [-0.39, 0.29) is 9.79 Å². The van der Waals surface area contributed by atoms with Crippen LogP contribution >= 0.6 is 23.8 Å². The first kappa shape index (κ1) is 53.7. The number of hydrogen-bond donors (Lipinski definition) is 0. The number of rotatable bonds is 14. The lowest BCUT2D eigenvalue weighted by atomic mass is 10.2. The highest BCUT2D eigenvalue weighted by molar-refractivity contribution is 7.87. The molecule has 0 heterocycles. The molecular weight excluding hydrogens is 990 g/mol. The lowest BCUT2D eigenvalue weighted by molar-refractivity contribution is 0.397. The molecule has 0 spiro atoms. The first-order valence-electron chi connectivity index (χ1n) is 23.0. The zero-order valence-corrected chi connectivity index (χ0v) is 45.3. The highest BCUT2D eigenvalue weighted by Crippen LogP contribution is 2.36. The van der Waals surface area contributed by atoms with E-state index in [0.29, 0.717) is 0 Å². The topological polar surface area (TPSA) is 96.0 Å². The van der Waals surface area contributed by atoms with E-state index in [4.69, 9.17) is 4.74 Å². The monoisotopic (exact) mass is 1050 g/mol. The maximum atomic E-state index is 12.2. The van der Waals surface area contributed by atoms with E-state index in [1.54, 1.807) is 31.4 Å². The quantitative estimate of drug-likeness (QED) is 0.0791. The molecule has 0 aliphatic carbocycles. The first-order valence-corrected chi connectivity index (χ1v) is 29.9. The van der Waals surface area contributed by atoms with Gasteiger partial charge in [0.25, 0.3) is 20.2 Å². The molecule has 7 nitrogen and oxygen atoms in total. The molecule has 9 rings (SSSR count). The molecule has 0 unspecified atom stereocenters. The number of benzene rings is 9. The predicted molar refractivity (Wildman–Crippen MR) is 305 cm³/mol.